The van der Waals surface area contributed by atoms with Crippen molar-refractivity contribution in [3.05, 3.63) is 197 Å². The van der Waals surface area contributed by atoms with Crippen LogP contribution >= 0.6 is 0 Å². The summed E-state index contributed by atoms with van der Waals surface area (Å²) in [6.07, 6.45) is 30.4. The van der Waals surface area contributed by atoms with E-state index in [9.17, 15) is 0 Å². The molecule has 44 heavy (non-hydrogen) atoms. The molecule has 0 nitrogen and oxygen atoms in total. The Balaban J connectivity index is 1.20. The Hall–Kier alpha value is -4.94. The van der Waals surface area contributed by atoms with Crippen LogP contribution in [0, 0.1) is 35.5 Å². The van der Waals surface area contributed by atoms with Crippen molar-refractivity contribution < 1.29 is 0 Å². The molecule has 0 radical (unpaired) electrons. The minimum Gasteiger partial charge on any atom is -0.0799 e. The fraction of sp³-hybridized carbons (Fsp3) is 0.136. The Kier molecular flexibility index (Phi) is 6.01. The second kappa shape index (κ2) is 10.4. The van der Waals surface area contributed by atoms with Gasteiger partial charge >= 0.3 is 0 Å². The minimum absolute atomic E-state index is 0.284. The van der Waals surface area contributed by atoms with Gasteiger partial charge in [-0.1, -0.05) is 164 Å². The van der Waals surface area contributed by atoms with Crippen molar-refractivity contribution in [2.75, 3.05) is 0 Å². The van der Waals surface area contributed by atoms with E-state index in [0.717, 1.165) is 0 Å². The first kappa shape index (κ1) is 25.5. The summed E-state index contributed by atoms with van der Waals surface area (Å²) >= 11 is 0. The normalized spacial score (nSPS) is 27.5. The summed E-state index contributed by atoms with van der Waals surface area (Å²) in [6, 6.07) is 34.2. The lowest BCUT2D eigenvalue weighted by molar-refractivity contribution is 0.357. The second-order valence-electron chi connectivity index (χ2n) is 12.8. The Labute approximate surface area is 259 Å². The van der Waals surface area contributed by atoms with Gasteiger partial charge in [-0.2, -0.15) is 0 Å². The van der Waals surface area contributed by atoms with Crippen LogP contribution in [0.2, 0.25) is 0 Å². The molecule has 9 rings (SSSR count). The number of hydrogen-bond acceptors (Lipinski definition) is 0. The molecule has 4 aromatic carbocycles. The summed E-state index contributed by atoms with van der Waals surface area (Å²) in [5.41, 5.74) is 8.30. The van der Waals surface area contributed by atoms with Crippen molar-refractivity contribution >= 4 is 27.5 Å². The molecule has 0 fully saturated rings. The van der Waals surface area contributed by atoms with E-state index in [2.05, 4.69) is 170 Å². The quantitative estimate of drug-likeness (QED) is 0.234. The first-order valence-corrected chi connectivity index (χ1v) is 16.0. The van der Waals surface area contributed by atoms with Crippen molar-refractivity contribution in [2.45, 2.75) is 0 Å². The molecule has 6 atom stereocenters. The molecule has 0 bridgehead atoms. The smallest absolute Gasteiger partial charge is 0.0137 e. The molecular weight excluding hydrogens is 528 g/mol. The lowest BCUT2D eigenvalue weighted by atomic mass is 9.63. The third kappa shape index (κ3) is 4.05. The molecule has 6 unspecified atom stereocenters. The van der Waals surface area contributed by atoms with Gasteiger partial charge in [-0.25, -0.2) is 0 Å². The molecule has 5 aliphatic rings. The maximum Gasteiger partial charge on any atom is 0.0137 e. The highest BCUT2D eigenvalue weighted by molar-refractivity contribution is 5.88. The summed E-state index contributed by atoms with van der Waals surface area (Å²) in [7, 11) is 0. The van der Waals surface area contributed by atoms with Crippen LogP contribution in [0.3, 0.4) is 0 Å². The highest BCUT2D eigenvalue weighted by Crippen LogP contribution is 2.48. The van der Waals surface area contributed by atoms with Crippen LogP contribution in [-0.2, 0) is 0 Å². The van der Waals surface area contributed by atoms with Crippen LogP contribution in [0.4, 0.5) is 0 Å². The molecule has 5 aliphatic carbocycles. The van der Waals surface area contributed by atoms with E-state index in [0.29, 0.717) is 23.7 Å². The van der Waals surface area contributed by atoms with Gasteiger partial charge < -0.3 is 0 Å². The minimum atomic E-state index is 0.284. The number of allylic oxidation sites excluding steroid dienone is 14. The fourth-order valence-electron chi connectivity index (χ4n) is 8.47. The lowest BCUT2D eigenvalue weighted by Gasteiger charge is -2.40. The van der Waals surface area contributed by atoms with E-state index in [4.69, 9.17) is 0 Å². The standard InChI is InChI=1S/C44H34/c1-2-12-32-27-34(26-21-29(32)11-1)44-40-19-9-7-17-38(40)43(39-18-8-10-20-41(39)44)31-24-22-30(23-25-31)42-28-33-13-3-4-14-35(33)36-15-5-6-16-37(36)42/h1-28,33,35-38,40H. The Bertz CT molecular complexity index is 2140. The SMILES string of the molecule is C1=CC2C=C(c3ccc(C4=c5ccccc5=C(c5ccc6ccccc6c5)C5C=CC=CC45)cc3)C3C=CC=CC3C2C=C1. The highest BCUT2D eigenvalue weighted by Gasteiger charge is 2.37. The first-order chi connectivity index (χ1) is 21.8. The van der Waals surface area contributed by atoms with Crippen molar-refractivity contribution in [1.82, 2.24) is 0 Å². The van der Waals surface area contributed by atoms with Crippen molar-refractivity contribution in [2.24, 2.45) is 35.5 Å². The van der Waals surface area contributed by atoms with E-state index < -0.39 is 0 Å². The molecular formula is C44H34. The molecule has 0 heteroatoms. The van der Waals surface area contributed by atoms with E-state index in [1.165, 1.54) is 54.6 Å². The van der Waals surface area contributed by atoms with Gasteiger partial charge in [-0.15, -0.1) is 0 Å². The number of fused-ring (bicyclic) bond motifs is 6. The third-order valence-corrected chi connectivity index (χ3v) is 10.5. The average molecular weight is 563 g/mol. The molecule has 0 amide bonds. The molecule has 0 N–H and O–H groups in total. The number of benzene rings is 4. The Morgan fingerprint density at radius 2 is 0.932 bits per heavy atom. The zero-order valence-electron chi connectivity index (χ0n) is 24.6. The summed E-state index contributed by atoms with van der Waals surface area (Å²) in [5, 5.41) is 5.28. The maximum absolute atomic E-state index is 2.53. The van der Waals surface area contributed by atoms with Crippen LogP contribution in [0.5, 0.6) is 0 Å². The second-order valence-corrected chi connectivity index (χ2v) is 12.8. The molecule has 0 saturated heterocycles. The van der Waals surface area contributed by atoms with Gasteiger partial charge in [0.15, 0.2) is 0 Å². The predicted octanol–water partition coefficient (Wildman–Crippen LogP) is 8.72. The zero-order valence-corrected chi connectivity index (χ0v) is 24.6. The van der Waals surface area contributed by atoms with E-state index in [1.54, 1.807) is 0 Å². The summed E-state index contributed by atoms with van der Waals surface area (Å²) in [5.74, 6) is 2.49. The average Bonchev–Trinajstić information content (AvgIpc) is 3.10. The van der Waals surface area contributed by atoms with Crippen LogP contribution in [0.15, 0.2) is 170 Å². The zero-order chi connectivity index (χ0) is 29.0. The van der Waals surface area contributed by atoms with Gasteiger partial charge in [0.25, 0.3) is 0 Å². The predicted molar refractivity (Wildman–Crippen MR) is 185 cm³/mol. The molecule has 0 spiro atoms. The van der Waals surface area contributed by atoms with Crippen molar-refractivity contribution in [3.8, 4) is 0 Å². The van der Waals surface area contributed by atoms with Crippen LogP contribution in [0.1, 0.15) is 16.7 Å². The summed E-state index contributed by atoms with van der Waals surface area (Å²) in [4.78, 5) is 0. The number of hydrogen-bond donors (Lipinski definition) is 0. The van der Waals surface area contributed by atoms with Gasteiger partial charge in [0.1, 0.15) is 0 Å². The van der Waals surface area contributed by atoms with Crippen molar-refractivity contribution in [3.63, 3.8) is 0 Å². The van der Waals surface area contributed by atoms with Gasteiger partial charge in [0.05, 0.1) is 0 Å². The highest BCUT2D eigenvalue weighted by atomic mass is 14.4. The van der Waals surface area contributed by atoms with Crippen LogP contribution in [-0.4, -0.2) is 0 Å². The van der Waals surface area contributed by atoms with Crippen LogP contribution in [0.25, 0.3) is 27.5 Å². The summed E-state index contributed by atoms with van der Waals surface area (Å²) in [6.45, 7) is 0. The largest absolute Gasteiger partial charge is 0.0799 e. The molecule has 0 aliphatic heterocycles. The number of rotatable bonds is 3. The Morgan fingerprint density at radius 1 is 0.386 bits per heavy atom. The lowest BCUT2D eigenvalue weighted by Crippen LogP contribution is -2.40. The van der Waals surface area contributed by atoms with E-state index in [-0.39, 0.29) is 11.8 Å². The molecule has 0 heterocycles. The van der Waals surface area contributed by atoms with E-state index in [1.807, 2.05) is 0 Å². The fourth-order valence-corrected chi connectivity index (χ4v) is 8.47. The van der Waals surface area contributed by atoms with Crippen molar-refractivity contribution in [1.29, 1.82) is 0 Å². The summed E-state index contributed by atoms with van der Waals surface area (Å²) < 4.78 is 0. The molecule has 0 saturated carbocycles. The Morgan fingerprint density at radius 3 is 1.68 bits per heavy atom. The first-order valence-electron chi connectivity index (χ1n) is 16.0. The van der Waals surface area contributed by atoms with Gasteiger partial charge in [-0.3, -0.25) is 0 Å². The topological polar surface area (TPSA) is 0 Å². The third-order valence-electron chi connectivity index (χ3n) is 10.5. The monoisotopic (exact) mass is 562 g/mol. The van der Waals surface area contributed by atoms with Gasteiger partial charge in [-0.05, 0) is 72.5 Å². The van der Waals surface area contributed by atoms with Gasteiger partial charge in [0, 0.05) is 23.7 Å². The molecule has 4 aromatic rings. The van der Waals surface area contributed by atoms with E-state index >= 15 is 0 Å². The van der Waals surface area contributed by atoms with Crippen LogP contribution < -0.4 is 10.4 Å². The van der Waals surface area contributed by atoms with Gasteiger partial charge in [0.2, 0.25) is 0 Å². The molecule has 210 valence electrons. The maximum atomic E-state index is 2.53. The molecule has 0 aromatic heterocycles.